The summed E-state index contributed by atoms with van der Waals surface area (Å²) in [5.41, 5.74) is 0. The van der Waals surface area contributed by atoms with Crippen molar-refractivity contribution in [2.24, 2.45) is 0 Å². The van der Waals surface area contributed by atoms with Gasteiger partial charge in [-0.1, -0.05) is 0 Å². The zero-order valence-corrected chi connectivity index (χ0v) is 11.4. The molecule has 0 radical (unpaired) electrons. The van der Waals surface area contributed by atoms with Crippen LogP contribution in [0.2, 0.25) is 0 Å². The van der Waals surface area contributed by atoms with E-state index in [9.17, 15) is 4.79 Å². The first kappa shape index (κ1) is 12.8. The van der Waals surface area contributed by atoms with Gasteiger partial charge < -0.3 is 9.64 Å². The van der Waals surface area contributed by atoms with Gasteiger partial charge in [0.25, 0.3) is 0 Å². The average Bonchev–Trinajstić information content (AvgIpc) is 2.84. The number of anilines is 1. The van der Waals surface area contributed by atoms with Crippen LogP contribution >= 0.6 is 11.3 Å². The third kappa shape index (κ3) is 2.79. The highest BCUT2D eigenvalue weighted by atomic mass is 32.1. The zero-order chi connectivity index (χ0) is 13.0. The van der Waals surface area contributed by atoms with Crippen molar-refractivity contribution in [1.29, 1.82) is 0 Å². The van der Waals surface area contributed by atoms with Crippen LogP contribution in [0.15, 0.2) is 23.7 Å². The molecule has 5 heteroatoms. The Kier molecular flexibility index (Phi) is 4.15. The summed E-state index contributed by atoms with van der Waals surface area (Å²) < 4.78 is 6.13. The van der Waals surface area contributed by atoms with Crippen LogP contribution in [0.25, 0.3) is 10.1 Å². The highest BCUT2D eigenvalue weighted by Crippen LogP contribution is 2.27. The van der Waals surface area contributed by atoms with Crippen molar-refractivity contribution in [2.75, 3.05) is 25.1 Å². The molecule has 0 aliphatic carbocycles. The van der Waals surface area contributed by atoms with Gasteiger partial charge in [0.15, 0.2) is 0 Å². The fourth-order valence-corrected chi connectivity index (χ4v) is 2.56. The van der Waals surface area contributed by atoms with Gasteiger partial charge in [0.05, 0.1) is 13.0 Å². The Morgan fingerprint density at radius 3 is 3.11 bits per heavy atom. The smallest absolute Gasteiger partial charge is 0.307 e. The van der Waals surface area contributed by atoms with E-state index >= 15 is 0 Å². The summed E-state index contributed by atoms with van der Waals surface area (Å²) in [7, 11) is 1.94. The first-order valence-corrected chi connectivity index (χ1v) is 6.79. The van der Waals surface area contributed by atoms with E-state index < -0.39 is 0 Å². The molecule has 96 valence electrons. The molecule has 0 aliphatic rings. The van der Waals surface area contributed by atoms with Crippen molar-refractivity contribution >= 4 is 33.2 Å². The second-order valence-electron chi connectivity index (χ2n) is 3.94. The summed E-state index contributed by atoms with van der Waals surface area (Å²) >= 11 is 1.69. The van der Waals surface area contributed by atoms with Crippen LogP contribution in [-0.2, 0) is 9.53 Å². The number of aromatic nitrogens is 1. The van der Waals surface area contributed by atoms with Gasteiger partial charge in [0.2, 0.25) is 0 Å². The van der Waals surface area contributed by atoms with Gasteiger partial charge in [-0.05, 0) is 24.4 Å². The Morgan fingerprint density at radius 1 is 1.50 bits per heavy atom. The molecule has 0 aromatic carbocycles. The van der Waals surface area contributed by atoms with Crippen LogP contribution in [-0.4, -0.2) is 31.2 Å². The van der Waals surface area contributed by atoms with Gasteiger partial charge in [-0.2, -0.15) is 0 Å². The van der Waals surface area contributed by atoms with E-state index in [2.05, 4.69) is 16.4 Å². The molecule has 0 fully saturated rings. The number of rotatable bonds is 5. The van der Waals surface area contributed by atoms with Gasteiger partial charge in [-0.3, -0.25) is 4.79 Å². The van der Waals surface area contributed by atoms with Gasteiger partial charge >= 0.3 is 5.97 Å². The van der Waals surface area contributed by atoms with Gasteiger partial charge in [0.1, 0.15) is 5.82 Å². The van der Waals surface area contributed by atoms with Crippen molar-refractivity contribution in [2.45, 2.75) is 13.3 Å². The highest BCUT2D eigenvalue weighted by Gasteiger charge is 2.10. The molecule has 0 atom stereocenters. The second-order valence-corrected chi connectivity index (χ2v) is 4.89. The monoisotopic (exact) mass is 264 g/mol. The molecule has 0 bridgehead atoms. The largest absolute Gasteiger partial charge is 0.466 e. The third-order valence-electron chi connectivity index (χ3n) is 2.68. The Bertz CT molecular complexity index is 539. The minimum atomic E-state index is -0.165. The van der Waals surface area contributed by atoms with Crippen molar-refractivity contribution in [3.8, 4) is 0 Å². The fourth-order valence-electron chi connectivity index (χ4n) is 1.78. The Labute approximate surface area is 110 Å². The number of hydrogen-bond donors (Lipinski definition) is 0. The number of fused-ring (bicyclic) bond motifs is 1. The number of esters is 1. The summed E-state index contributed by atoms with van der Waals surface area (Å²) in [4.78, 5) is 17.7. The molecule has 4 nitrogen and oxygen atoms in total. The third-order valence-corrected chi connectivity index (χ3v) is 3.56. The van der Waals surface area contributed by atoms with Crippen LogP contribution in [0.5, 0.6) is 0 Å². The predicted octanol–water partition coefficient (Wildman–Crippen LogP) is 2.69. The van der Waals surface area contributed by atoms with E-state index in [0.29, 0.717) is 19.6 Å². The maximum absolute atomic E-state index is 11.3. The molecule has 0 aliphatic heterocycles. The van der Waals surface area contributed by atoms with E-state index in [1.807, 2.05) is 24.9 Å². The summed E-state index contributed by atoms with van der Waals surface area (Å²) in [6.07, 6.45) is 2.18. The molecule has 2 aromatic rings. The summed E-state index contributed by atoms with van der Waals surface area (Å²) in [5.74, 6) is 0.750. The molecule has 0 saturated heterocycles. The SMILES string of the molecule is CCOC(=O)CCN(C)c1nccc2sccc12. The Morgan fingerprint density at radius 2 is 2.33 bits per heavy atom. The molecule has 0 amide bonds. The molecular weight excluding hydrogens is 248 g/mol. The summed E-state index contributed by atoms with van der Waals surface area (Å²) in [6.45, 7) is 2.86. The lowest BCUT2D eigenvalue weighted by Crippen LogP contribution is -2.23. The molecule has 0 spiro atoms. The molecule has 18 heavy (non-hydrogen) atoms. The van der Waals surface area contributed by atoms with Crippen molar-refractivity contribution < 1.29 is 9.53 Å². The number of ether oxygens (including phenoxy) is 1. The fraction of sp³-hybridized carbons (Fsp3) is 0.385. The topological polar surface area (TPSA) is 42.4 Å². The van der Waals surface area contributed by atoms with Gasteiger partial charge in [-0.25, -0.2) is 4.98 Å². The number of carbonyl (C=O) groups is 1. The first-order chi connectivity index (χ1) is 8.72. The lowest BCUT2D eigenvalue weighted by molar-refractivity contribution is -0.142. The number of nitrogens with zero attached hydrogens (tertiary/aromatic N) is 2. The standard InChI is InChI=1S/C13H16N2O2S/c1-3-17-12(16)5-8-15(2)13-10-6-9-18-11(10)4-7-14-13/h4,6-7,9H,3,5,8H2,1-2H3. The van der Waals surface area contributed by atoms with E-state index in [4.69, 9.17) is 4.74 Å². The Balaban J connectivity index is 2.06. The minimum absolute atomic E-state index is 0.165. The van der Waals surface area contributed by atoms with E-state index in [1.54, 1.807) is 17.5 Å². The van der Waals surface area contributed by atoms with E-state index in [-0.39, 0.29) is 5.97 Å². The Hall–Kier alpha value is -1.62. The zero-order valence-electron chi connectivity index (χ0n) is 10.5. The molecule has 0 saturated carbocycles. The predicted molar refractivity (Wildman–Crippen MR) is 74.1 cm³/mol. The average molecular weight is 264 g/mol. The molecule has 2 heterocycles. The number of thiophene rings is 1. The van der Waals surface area contributed by atoms with E-state index in [1.165, 1.54) is 4.70 Å². The quantitative estimate of drug-likeness (QED) is 0.779. The summed E-state index contributed by atoms with van der Waals surface area (Å²) in [5, 5.41) is 3.18. The normalized spacial score (nSPS) is 10.6. The first-order valence-electron chi connectivity index (χ1n) is 5.91. The molecule has 0 unspecified atom stereocenters. The lowest BCUT2D eigenvalue weighted by Gasteiger charge is -2.18. The van der Waals surface area contributed by atoms with Gasteiger partial charge in [0, 0.05) is 29.9 Å². The number of pyridine rings is 1. The van der Waals surface area contributed by atoms with Crippen LogP contribution in [0.1, 0.15) is 13.3 Å². The molecule has 2 aromatic heterocycles. The number of hydrogen-bond acceptors (Lipinski definition) is 5. The van der Waals surface area contributed by atoms with E-state index in [0.717, 1.165) is 11.2 Å². The summed E-state index contributed by atoms with van der Waals surface area (Å²) in [6, 6.07) is 4.06. The van der Waals surface area contributed by atoms with Crippen molar-refractivity contribution in [1.82, 2.24) is 4.98 Å². The second kappa shape index (κ2) is 5.82. The molecular formula is C13H16N2O2S. The molecule has 0 N–H and O–H groups in total. The minimum Gasteiger partial charge on any atom is -0.466 e. The van der Waals surface area contributed by atoms with Crippen LogP contribution in [0.4, 0.5) is 5.82 Å². The van der Waals surface area contributed by atoms with Crippen LogP contribution in [0.3, 0.4) is 0 Å². The lowest BCUT2D eigenvalue weighted by atomic mass is 10.3. The maximum Gasteiger partial charge on any atom is 0.307 e. The maximum atomic E-state index is 11.3. The van der Waals surface area contributed by atoms with Crippen molar-refractivity contribution in [3.63, 3.8) is 0 Å². The number of carbonyl (C=O) groups excluding carboxylic acids is 1. The van der Waals surface area contributed by atoms with Gasteiger partial charge in [-0.15, -0.1) is 11.3 Å². The van der Waals surface area contributed by atoms with Crippen LogP contribution in [0, 0.1) is 0 Å². The highest BCUT2D eigenvalue weighted by molar-refractivity contribution is 7.17. The van der Waals surface area contributed by atoms with Crippen molar-refractivity contribution in [3.05, 3.63) is 23.7 Å². The van der Waals surface area contributed by atoms with Crippen LogP contribution < -0.4 is 4.90 Å². The molecule has 2 rings (SSSR count).